The lowest BCUT2D eigenvalue weighted by molar-refractivity contribution is 0.262. The van der Waals surface area contributed by atoms with Gasteiger partial charge >= 0.3 is 18.0 Å². The van der Waals surface area contributed by atoms with E-state index < -0.39 is 0 Å². The molecule has 0 radical (unpaired) electrons. The van der Waals surface area contributed by atoms with Crippen LogP contribution in [0.15, 0.2) is 25.3 Å². The van der Waals surface area contributed by atoms with Gasteiger partial charge in [0.1, 0.15) is 13.2 Å². The summed E-state index contributed by atoms with van der Waals surface area (Å²) >= 11 is 0. The molecule has 1 aromatic rings. The standard InChI is InChI=1S/C11H15N3O3/c1-4-7-16-10-12-9(15-6-3)13-11(14-10)17-8-5-2/h4-5H,1-2,6-8H2,3H3. The molecule has 92 valence electrons. The van der Waals surface area contributed by atoms with E-state index in [9.17, 15) is 0 Å². The van der Waals surface area contributed by atoms with E-state index in [-0.39, 0.29) is 18.0 Å². The van der Waals surface area contributed by atoms with E-state index in [0.29, 0.717) is 19.8 Å². The molecule has 1 heterocycles. The van der Waals surface area contributed by atoms with Crippen LogP contribution in [0.2, 0.25) is 0 Å². The van der Waals surface area contributed by atoms with Crippen molar-refractivity contribution < 1.29 is 14.2 Å². The van der Waals surface area contributed by atoms with Gasteiger partial charge in [-0.2, -0.15) is 0 Å². The van der Waals surface area contributed by atoms with Crippen molar-refractivity contribution in [2.75, 3.05) is 19.8 Å². The van der Waals surface area contributed by atoms with Crippen LogP contribution in [0.3, 0.4) is 0 Å². The molecule has 0 amide bonds. The summed E-state index contributed by atoms with van der Waals surface area (Å²) in [5.41, 5.74) is 0. The summed E-state index contributed by atoms with van der Waals surface area (Å²) < 4.78 is 15.6. The number of hydrogen-bond acceptors (Lipinski definition) is 6. The number of hydrogen-bond donors (Lipinski definition) is 0. The number of nitrogens with zero attached hydrogens (tertiary/aromatic N) is 3. The summed E-state index contributed by atoms with van der Waals surface area (Å²) in [6.45, 7) is 9.96. The van der Waals surface area contributed by atoms with Gasteiger partial charge in [0, 0.05) is 0 Å². The van der Waals surface area contributed by atoms with Crippen molar-refractivity contribution in [3.8, 4) is 18.0 Å². The van der Waals surface area contributed by atoms with Gasteiger partial charge in [0.15, 0.2) is 0 Å². The Morgan fingerprint density at radius 3 is 1.65 bits per heavy atom. The third kappa shape index (κ3) is 4.50. The third-order valence-electron chi connectivity index (χ3n) is 1.51. The lowest BCUT2D eigenvalue weighted by Crippen LogP contribution is -2.07. The molecule has 6 heteroatoms. The van der Waals surface area contributed by atoms with E-state index in [1.165, 1.54) is 0 Å². The van der Waals surface area contributed by atoms with Gasteiger partial charge in [-0.25, -0.2) is 0 Å². The van der Waals surface area contributed by atoms with E-state index in [1.54, 1.807) is 12.2 Å². The normalized spacial score (nSPS) is 9.47. The van der Waals surface area contributed by atoms with Gasteiger partial charge in [0.25, 0.3) is 0 Å². The molecule has 1 aromatic heterocycles. The molecular weight excluding hydrogens is 222 g/mol. The fraction of sp³-hybridized carbons (Fsp3) is 0.364. The van der Waals surface area contributed by atoms with E-state index in [2.05, 4.69) is 28.1 Å². The summed E-state index contributed by atoms with van der Waals surface area (Å²) in [6.07, 6.45) is 3.18. The van der Waals surface area contributed by atoms with Crippen LogP contribution in [0.1, 0.15) is 6.92 Å². The average molecular weight is 237 g/mol. The van der Waals surface area contributed by atoms with Crippen molar-refractivity contribution in [1.29, 1.82) is 0 Å². The zero-order valence-corrected chi connectivity index (χ0v) is 9.76. The first-order chi connectivity index (χ1) is 8.30. The number of ether oxygens (including phenoxy) is 3. The van der Waals surface area contributed by atoms with Crippen LogP contribution < -0.4 is 14.2 Å². The van der Waals surface area contributed by atoms with Gasteiger partial charge in [-0.05, 0) is 6.92 Å². The lowest BCUT2D eigenvalue weighted by atomic mass is 10.7. The van der Waals surface area contributed by atoms with Gasteiger partial charge in [-0.15, -0.1) is 15.0 Å². The van der Waals surface area contributed by atoms with Crippen LogP contribution in [0, 0.1) is 0 Å². The van der Waals surface area contributed by atoms with Crippen LogP contribution in [-0.2, 0) is 0 Å². The molecule has 6 nitrogen and oxygen atoms in total. The maximum atomic E-state index is 5.20. The maximum absolute atomic E-state index is 5.20. The molecule has 0 aliphatic rings. The SMILES string of the molecule is C=CCOc1nc(OCC)nc(OCC=C)n1. The second-order valence-electron chi connectivity index (χ2n) is 2.82. The lowest BCUT2D eigenvalue weighted by Gasteiger charge is -2.07. The first-order valence-corrected chi connectivity index (χ1v) is 5.16. The highest BCUT2D eigenvalue weighted by atomic mass is 16.5. The summed E-state index contributed by atoms with van der Waals surface area (Å²) in [5.74, 6) is 0. The fourth-order valence-corrected chi connectivity index (χ4v) is 0.910. The largest absolute Gasteiger partial charge is 0.464 e. The molecule has 0 saturated heterocycles. The Balaban J connectivity index is 2.83. The Hall–Kier alpha value is -2.11. The highest BCUT2D eigenvalue weighted by molar-refractivity contribution is 5.09. The summed E-state index contributed by atoms with van der Waals surface area (Å²) in [6, 6.07) is 0.449. The third-order valence-corrected chi connectivity index (χ3v) is 1.51. The topological polar surface area (TPSA) is 66.4 Å². The first kappa shape index (κ1) is 13.0. The van der Waals surface area contributed by atoms with Crippen LogP contribution in [-0.4, -0.2) is 34.8 Å². The van der Waals surface area contributed by atoms with Crippen LogP contribution in [0.25, 0.3) is 0 Å². The minimum atomic E-state index is 0.141. The first-order valence-electron chi connectivity index (χ1n) is 5.16. The van der Waals surface area contributed by atoms with Crippen molar-refractivity contribution in [3.05, 3.63) is 25.3 Å². The minimum Gasteiger partial charge on any atom is -0.464 e. The molecule has 0 N–H and O–H groups in total. The highest BCUT2D eigenvalue weighted by Gasteiger charge is 2.08. The molecule has 0 fully saturated rings. The van der Waals surface area contributed by atoms with Gasteiger partial charge in [-0.3, -0.25) is 0 Å². The quantitative estimate of drug-likeness (QED) is 0.637. The van der Waals surface area contributed by atoms with E-state index in [1.807, 2.05) is 6.92 Å². The summed E-state index contributed by atoms with van der Waals surface area (Å²) in [5, 5.41) is 0. The Labute approximate surface area is 100.0 Å². The van der Waals surface area contributed by atoms with E-state index in [4.69, 9.17) is 14.2 Å². The monoisotopic (exact) mass is 237 g/mol. The minimum absolute atomic E-state index is 0.141. The molecule has 0 spiro atoms. The molecule has 0 saturated carbocycles. The van der Waals surface area contributed by atoms with Gasteiger partial charge < -0.3 is 14.2 Å². The molecule has 0 atom stereocenters. The average Bonchev–Trinajstić information content (AvgIpc) is 2.34. The highest BCUT2D eigenvalue weighted by Crippen LogP contribution is 2.14. The van der Waals surface area contributed by atoms with Crippen LogP contribution >= 0.6 is 0 Å². The second-order valence-corrected chi connectivity index (χ2v) is 2.82. The van der Waals surface area contributed by atoms with E-state index in [0.717, 1.165) is 0 Å². The molecule has 0 aromatic carbocycles. The van der Waals surface area contributed by atoms with Crippen molar-refractivity contribution in [1.82, 2.24) is 15.0 Å². The smallest absolute Gasteiger partial charge is 0.326 e. The van der Waals surface area contributed by atoms with Crippen LogP contribution in [0.4, 0.5) is 0 Å². The zero-order valence-electron chi connectivity index (χ0n) is 9.76. The van der Waals surface area contributed by atoms with Gasteiger partial charge in [0.05, 0.1) is 6.61 Å². The van der Waals surface area contributed by atoms with Crippen molar-refractivity contribution in [3.63, 3.8) is 0 Å². The molecule has 17 heavy (non-hydrogen) atoms. The Morgan fingerprint density at radius 1 is 0.882 bits per heavy atom. The molecule has 0 bridgehead atoms. The number of aromatic nitrogens is 3. The van der Waals surface area contributed by atoms with Gasteiger partial charge in [-0.1, -0.05) is 25.3 Å². The van der Waals surface area contributed by atoms with E-state index >= 15 is 0 Å². The maximum Gasteiger partial charge on any atom is 0.326 e. The molecule has 0 unspecified atom stereocenters. The second kappa shape index (κ2) is 7.21. The molecule has 1 rings (SSSR count). The predicted molar refractivity (Wildman–Crippen MR) is 62.4 cm³/mol. The summed E-state index contributed by atoms with van der Waals surface area (Å²) in [4.78, 5) is 11.8. The fourth-order valence-electron chi connectivity index (χ4n) is 0.910. The van der Waals surface area contributed by atoms with Crippen LogP contribution in [0.5, 0.6) is 18.0 Å². The Morgan fingerprint density at radius 2 is 1.29 bits per heavy atom. The summed E-state index contributed by atoms with van der Waals surface area (Å²) in [7, 11) is 0. The Bertz CT molecular complexity index is 352. The van der Waals surface area contributed by atoms with Crippen molar-refractivity contribution in [2.24, 2.45) is 0 Å². The number of rotatable bonds is 8. The molecule has 0 aliphatic carbocycles. The van der Waals surface area contributed by atoms with Gasteiger partial charge in [0.2, 0.25) is 0 Å². The zero-order chi connectivity index (χ0) is 12.5. The molecular formula is C11H15N3O3. The predicted octanol–water partition coefficient (Wildman–Crippen LogP) is 1.40. The van der Waals surface area contributed by atoms with Crippen molar-refractivity contribution >= 4 is 0 Å². The van der Waals surface area contributed by atoms with Crippen molar-refractivity contribution in [2.45, 2.75) is 6.92 Å². The Kier molecular flexibility index (Phi) is 5.50. The molecule has 0 aliphatic heterocycles.